The molecule has 0 spiro atoms. The SMILES string of the molecule is Cc1nn(C)c(C)c1CNC(=S)Nc1ccccc1F. The first-order valence-electron chi connectivity index (χ1n) is 6.27. The molecule has 4 nitrogen and oxygen atoms in total. The fraction of sp³-hybridized carbons (Fsp3) is 0.286. The molecule has 0 radical (unpaired) electrons. The van der Waals surface area contributed by atoms with Gasteiger partial charge in [-0.1, -0.05) is 12.1 Å². The van der Waals surface area contributed by atoms with Crippen LogP contribution in [0, 0.1) is 19.7 Å². The summed E-state index contributed by atoms with van der Waals surface area (Å²) in [6.45, 7) is 4.52. The lowest BCUT2D eigenvalue weighted by Gasteiger charge is -2.11. The first kappa shape index (κ1) is 14.5. The van der Waals surface area contributed by atoms with Crippen molar-refractivity contribution in [1.29, 1.82) is 0 Å². The van der Waals surface area contributed by atoms with E-state index in [1.807, 2.05) is 25.6 Å². The van der Waals surface area contributed by atoms with Gasteiger partial charge < -0.3 is 10.6 Å². The maximum atomic E-state index is 13.5. The van der Waals surface area contributed by atoms with Crippen molar-refractivity contribution in [3.05, 3.63) is 47.0 Å². The number of benzene rings is 1. The number of halogens is 1. The Balaban J connectivity index is 1.98. The van der Waals surface area contributed by atoms with Gasteiger partial charge in [0.25, 0.3) is 0 Å². The Hall–Kier alpha value is -1.95. The van der Waals surface area contributed by atoms with Crippen molar-refractivity contribution < 1.29 is 4.39 Å². The second-order valence-corrected chi connectivity index (χ2v) is 4.97. The Morgan fingerprint density at radius 2 is 2.05 bits per heavy atom. The van der Waals surface area contributed by atoms with Gasteiger partial charge >= 0.3 is 0 Å². The Morgan fingerprint density at radius 3 is 2.65 bits per heavy atom. The third kappa shape index (κ3) is 3.14. The summed E-state index contributed by atoms with van der Waals surface area (Å²) in [4.78, 5) is 0. The molecule has 0 atom stereocenters. The smallest absolute Gasteiger partial charge is 0.171 e. The van der Waals surface area contributed by atoms with Gasteiger partial charge in [0, 0.05) is 24.8 Å². The Kier molecular flexibility index (Phi) is 4.34. The van der Waals surface area contributed by atoms with Crippen LogP contribution in [0.2, 0.25) is 0 Å². The summed E-state index contributed by atoms with van der Waals surface area (Å²) < 4.78 is 15.3. The number of nitrogens with one attached hydrogen (secondary N) is 2. The van der Waals surface area contributed by atoms with E-state index in [9.17, 15) is 4.39 Å². The highest BCUT2D eigenvalue weighted by atomic mass is 32.1. The summed E-state index contributed by atoms with van der Waals surface area (Å²) in [5.41, 5.74) is 3.52. The Labute approximate surface area is 123 Å². The highest BCUT2D eigenvalue weighted by Gasteiger charge is 2.10. The lowest BCUT2D eigenvalue weighted by molar-refractivity contribution is 0.632. The van der Waals surface area contributed by atoms with Gasteiger partial charge in [-0.25, -0.2) is 4.39 Å². The molecule has 0 saturated heterocycles. The first-order valence-corrected chi connectivity index (χ1v) is 6.68. The summed E-state index contributed by atoms with van der Waals surface area (Å²) in [6.07, 6.45) is 0. The minimum Gasteiger partial charge on any atom is -0.358 e. The largest absolute Gasteiger partial charge is 0.358 e. The van der Waals surface area contributed by atoms with Gasteiger partial charge in [-0.2, -0.15) is 5.10 Å². The molecule has 6 heteroatoms. The summed E-state index contributed by atoms with van der Waals surface area (Å²) in [5.74, 6) is -0.328. The number of hydrogen-bond acceptors (Lipinski definition) is 2. The van der Waals surface area contributed by atoms with Gasteiger partial charge in [-0.05, 0) is 38.2 Å². The van der Waals surface area contributed by atoms with E-state index in [4.69, 9.17) is 12.2 Å². The van der Waals surface area contributed by atoms with Gasteiger partial charge in [-0.15, -0.1) is 0 Å². The average Bonchev–Trinajstić information content (AvgIpc) is 2.64. The van der Waals surface area contributed by atoms with Gasteiger partial charge in [0.1, 0.15) is 5.82 Å². The molecular formula is C14H17FN4S. The van der Waals surface area contributed by atoms with E-state index >= 15 is 0 Å². The van der Waals surface area contributed by atoms with Crippen LogP contribution in [0.25, 0.3) is 0 Å². The fourth-order valence-electron chi connectivity index (χ4n) is 1.97. The quantitative estimate of drug-likeness (QED) is 0.854. The van der Waals surface area contributed by atoms with Crippen LogP contribution in [0.1, 0.15) is 17.0 Å². The molecule has 1 heterocycles. The van der Waals surface area contributed by atoms with Crippen molar-refractivity contribution in [3.63, 3.8) is 0 Å². The molecule has 106 valence electrons. The Bertz CT molecular complexity index is 636. The van der Waals surface area contributed by atoms with E-state index in [1.165, 1.54) is 6.07 Å². The monoisotopic (exact) mass is 292 g/mol. The van der Waals surface area contributed by atoms with Crippen LogP contribution in [-0.2, 0) is 13.6 Å². The van der Waals surface area contributed by atoms with Gasteiger partial charge in [0.15, 0.2) is 5.11 Å². The van der Waals surface area contributed by atoms with Crippen molar-refractivity contribution in [1.82, 2.24) is 15.1 Å². The van der Waals surface area contributed by atoms with Crippen molar-refractivity contribution >= 4 is 23.0 Å². The van der Waals surface area contributed by atoms with Crippen LogP contribution in [0.5, 0.6) is 0 Å². The number of hydrogen-bond donors (Lipinski definition) is 2. The predicted molar refractivity (Wildman–Crippen MR) is 82.1 cm³/mol. The lowest BCUT2D eigenvalue weighted by Crippen LogP contribution is -2.28. The zero-order valence-corrected chi connectivity index (χ0v) is 12.5. The topological polar surface area (TPSA) is 41.9 Å². The number of anilines is 1. The molecule has 0 fully saturated rings. The van der Waals surface area contributed by atoms with Gasteiger partial charge in [0.2, 0.25) is 0 Å². The molecule has 1 aromatic heterocycles. The van der Waals surface area contributed by atoms with Crippen molar-refractivity contribution in [2.24, 2.45) is 7.05 Å². The van der Waals surface area contributed by atoms with Crippen LogP contribution in [-0.4, -0.2) is 14.9 Å². The van der Waals surface area contributed by atoms with E-state index < -0.39 is 0 Å². The van der Waals surface area contributed by atoms with Crippen LogP contribution in [0.3, 0.4) is 0 Å². The number of para-hydroxylation sites is 1. The molecule has 0 bridgehead atoms. The molecule has 0 saturated carbocycles. The zero-order valence-electron chi connectivity index (χ0n) is 11.7. The summed E-state index contributed by atoms with van der Waals surface area (Å²) in [7, 11) is 1.90. The van der Waals surface area contributed by atoms with Crippen LogP contribution in [0.15, 0.2) is 24.3 Å². The molecule has 1 aromatic carbocycles. The zero-order chi connectivity index (χ0) is 14.7. The Morgan fingerprint density at radius 1 is 1.35 bits per heavy atom. The summed E-state index contributed by atoms with van der Waals surface area (Å²) >= 11 is 5.17. The van der Waals surface area contributed by atoms with Gasteiger partial charge in [0.05, 0.1) is 11.4 Å². The van der Waals surface area contributed by atoms with E-state index in [0.717, 1.165) is 17.0 Å². The van der Waals surface area contributed by atoms with Crippen molar-refractivity contribution in [2.75, 3.05) is 5.32 Å². The number of aromatic nitrogens is 2. The van der Waals surface area contributed by atoms with E-state index in [-0.39, 0.29) is 5.82 Å². The van der Waals surface area contributed by atoms with Crippen LogP contribution < -0.4 is 10.6 Å². The highest BCUT2D eigenvalue weighted by Crippen LogP contribution is 2.13. The standard InChI is InChI=1S/C14H17FN4S/c1-9-11(10(2)19(3)18-9)8-16-14(20)17-13-7-5-4-6-12(13)15/h4-7H,8H2,1-3H3,(H2,16,17,20). The number of thiocarbonyl (C=S) groups is 1. The number of nitrogens with zero attached hydrogens (tertiary/aromatic N) is 2. The second-order valence-electron chi connectivity index (χ2n) is 4.56. The second kappa shape index (κ2) is 6.00. The predicted octanol–water partition coefficient (Wildman–Crippen LogP) is 2.66. The molecule has 0 amide bonds. The molecule has 0 aliphatic carbocycles. The molecule has 20 heavy (non-hydrogen) atoms. The lowest BCUT2D eigenvalue weighted by atomic mass is 10.2. The highest BCUT2D eigenvalue weighted by molar-refractivity contribution is 7.80. The van der Waals surface area contributed by atoms with Crippen LogP contribution >= 0.6 is 12.2 Å². The van der Waals surface area contributed by atoms with Crippen molar-refractivity contribution in [3.8, 4) is 0 Å². The minimum atomic E-state index is -0.328. The molecule has 0 aliphatic rings. The first-order chi connectivity index (χ1) is 9.49. The molecule has 2 N–H and O–H groups in total. The number of aryl methyl sites for hydroxylation is 2. The van der Waals surface area contributed by atoms with E-state index in [0.29, 0.717) is 17.3 Å². The van der Waals surface area contributed by atoms with E-state index in [1.54, 1.807) is 18.2 Å². The molecule has 0 unspecified atom stereocenters. The fourth-order valence-corrected chi connectivity index (χ4v) is 2.15. The van der Waals surface area contributed by atoms with E-state index in [2.05, 4.69) is 15.7 Å². The summed E-state index contributed by atoms with van der Waals surface area (Å²) in [5, 5.41) is 10.6. The van der Waals surface area contributed by atoms with Crippen molar-refractivity contribution in [2.45, 2.75) is 20.4 Å². The normalized spacial score (nSPS) is 10.4. The minimum absolute atomic E-state index is 0.328. The third-order valence-corrected chi connectivity index (χ3v) is 3.45. The summed E-state index contributed by atoms with van der Waals surface area (Å²) in [6, 6.07) is 6.42. The maximum absolute atomic E-state index is 13.5. The molecular weight excluding hydrogens is 275 g/mol. The van der Waals surface area contributed by atoms with Gasteiger partial charge in [-0.3, -0.25) is 4.68 Å². The third-order valence-electron chi connectivity index (χ3n) is 3.21. The number of rotatable bonds is 3. The van der Waals surface area contributed by atoms with Crippen LogP contribution in [0.4, 0.5) is 10.1 Å². The molecule has 2 aromatic rings. The maximum Gasteiger partial charge on any atom is 0.171 e. The average molecular weight is 292 g/mol. The molecule has 0 aliphatic heterocycles. The molecule has 2 rings (SSSR count).